The molecule has 1 N–H and O–H groups in total. The summed E-state index contributed by atoms with van der Waals surface area (Å²) in [7, 11) is 0. The molecule has 0 spiro atoms. The number of nitrogens with one attached hydrogen (secondary N) is 1. The van der Waals surface area contributed by atoms with Crippen molar-refractivity contribution in [1.82, 2.24) is 5.32 Å². The smallest absolute Gasteiger partial charge is 0.324 e. The second-order valence-electron chi connectivity index (χ2n) is 3.50. The van der Waals surface area contributed by atoms with Crippen LogP contribution in [0.25, 0.3) is 5.53 Å². The summed E-state index contributed by atoms with van der Waals surface area (Å²) in [4.78, 5) is 26.2. The Morgan fingerprint density at radius 3 is 2.53 bits per heavy atom. The van der Waals surface area contributed by atoms with E-state index in [1.807, 2.05) is 0 Å². The number of rotatable bonds is 4. The molecule has 82 valence electrons. The van der Waals surface area contributed by atoms with Crippen LogP contribution in [-0.2, 0) is 9.59 Å². The maximum absolute atomic E-state index is 11.8. The molecule has 0 saturated carbocycles. The van der Waals surface area contributed by atoms with Crippen molar-refractivity contribution >= 4 is 33.7 Å². The zero-order valence-corrected chi connectivity index (χ0v) is 9.79. The minimum atomic E-state index is -0.999. The van der Waals surface area contributed by atoms with Crippen molar-refractivity contribution < 1.29 is 14.4 Å². The Bertz CT molecular complexity index is 317. The number of ketones is 2. The first-order chi connectivity index (χ1) is 7.17. The number of nitrogens with zero attached hydrogens (tertiary/aromatic N) is 2. The number of alkyl halides is 1. The van der Waals surface area contributed by atoms with Crippen molar-refractivity contribution in [2.75, 3.05) is 18.4 Å². The number of carbonyl (C=O) groups is 2. The van der Waals surface area contributed by atoms with E-state index in [-0.39, 0.29) is 11.1 Å². The Hall–Kier alpha value is -0.840. The molecule has 15 heavy (non-hydrogen) atoms. The highest BCUT2D eigenvalue weighted by molar-refractivity contribution is 9.09. The van der Waals surface area contributed by atoms with Crippen molar-refractivity contribution in [3.63, 3.8) is 0 Å². The number of piperidine rings is 1. The van der Waals surface area contributed by atoms with E-state index >= 15 is 0 Å². The van der Waals surface area contributed by atoms with E-state index in [0.717, 1.165) is 6.21 Å². The third-order valence-electron chi connectivity index (χ3n) is 2.76. The van der Waals surface area contributed by atoms with E-state index in [2.05, 4.69) is 26.0 Å². The SMILES string of the molecule is [N-]=[N+]=CC(=O)C1(C(=O)CBr)CCNCC1. The Morgan fingerprint density at radius 2 is 2.07 bits per heavy atom. The third-order valence-corrected chi connectivity index (χ3v) is 3.27. The molecule has 6 heteroatoms. The topological polar surface area (TPSA) is 82.6 Å². The fourth-order valence-corrected chi connectivity index (χ4v) is 2.36. The molecule has 0 aliphatic carbocycles. The minimum absolute atomic E-state index is 0.145. The van der Waals surface area contributed by atoms with Crippen LogP contribution in [0.5, 0.6) is 0 Å². The van der Waals surface area contributed by atoms with Crippen molar-refractivity contribution in [2.24, 2.45) is 5.41 Å². The number of halogens is 1. The van der Waals surface area contributed by atoms with Crippen LogP contribution in [0, 0.1) is 5.41 Å². The molecule has 0 aromatic heterocycles. The predicted octanol–water partition coefficient (Wildman–Crippen LogP) is 0.190. The van der Waals surface area contributed by atoms with Crippen LogP contribution in [0.15, 0.2) is 0 Å². The zero-order chi connectivity index (χ0) is 11.3. The first-order valence-electron chi connectivity index (χ1n) is 4.69. The van der Waals surface area contributed by atoms with Crippen molar-refractivity contribution in [1.29, 1.82) is 0 Å². The van der Waals surface area contributed by atoms with E-state index in [0.29, 0.717) is 25.9 Å². The molecule has 0 aromatic carbocycles. The van der Waals surface area contributed by atoms with Crippen LogP contribution in [0.3, 0.4) is 0 Å². The summed E-state index contributed by atoms with van der Waals surface area (Å²) in [5, 5.41) is 3.24. The van der Waals surface area contributed by atoms with Crippen LogP contribution in [0.4, 0.5) is 0 Å². The van der Waals surface area contributed by atoms with Crippen LogP contribution >= 0.6 is 15.9 Å². The molecule has 0 aromatic rings. The largest absolute Gasteiger partial charge is 0.361 e. The molecule has 0 amide bonds. The molecule has 1 saturated heterocycles. The third kappa shape index (κ3) is 2.40. The van der Waals surface area contributed by atoms with E-state index in [1.54, 1.807) is 0 Å². The first kappa shape index (κ1) is 12.2. The summed E-state index contributed by atoms with van der Waals surface area (Å²) in [6, 6.07) is 0. The quantitative estimate of drug-likeness (QED) is 0.261. The first-order valence-corrected chi connectivity index (χ1v) is 5.81. The lowest BCUT2D eigenvalue weighted by Crippen LogP contribution is -2.48. The van der Waals surface area contributed by atoms with Gasteiger partial charge in [0.25, 0.3) is 0 Å². The van der Waals surface area contributed by atoms with Gasteiger partial charge in [-0.15, -0.1) is 0 Å². The van der Waals surface area contributed by atoms with Gasteiger partial charge in [0.2, 0.25) is 5.78 Å². The predicted molar refractivity (Wildman–Crippen MR) is 58.0 cm³/mol. The maximum Gasteiger partial charge on any atom is 0.324 e. The summed E-state index contributed by atoms with van der Waals surface area (Å²) < 4.78 is 0. The lowest BCUT2D eigenvalue weighted by Gasteiger charge is -2.31. The molecular formula is C9H12BrN3O2. The summed E-state index contributed by atoms with van der Waals surface area (Å²) in [5.74, 6) is -0.551. The van der Waals surface area contributed by atoms with Crippen molar-refractivity contribution in [3.8, 4) is 0 Å². The van der Waals surface area contributed by atoms with Gasteiger partial charge in [-0.25, -0.2) is 0 Å². The highest BCUT2D eigenvalue weighted by Crippen LogP contribution is 2.31. The molecular weight excluding hydrogens is 262 g/mol. The average Bonchev–Trinajstić information content (AvgIpc) is 2.29. The standard InChI is InChI=1S/C9H12BrN3O2/c10-5-7(14)9(8(15)6-13-11)1-3-12-4-2-9/h6,12H,1-5H2. The van der Waals surface area contributed by atoms with Gasteiger partial charge in [0.05, 0.1) is 5.33 Å². The van der Waals surface area contributed by atoms with Crippen LogP contribution in [0.2, 0.25) is 0 Å². The molecule has 1 fully saturated rings. The van der Waals surface area contributed by atoms with Gasteiger partial charge in [-0.1, -0.05) is 15.9 Å². The summed E-state index contributed by atoms with van der Waals surface area (Å²) in [6.07, 6.45) is 1.75. The number of carbonyl (C=O) groups excluding carboxylic acids is 2. The Labute approximate surface area is 96.0 Å². The second kappa shape index (κ2) is 5.30. The van der Waals surface area contributed by atoms with Gasteiger partial charge in [-0.2, -0.15) is 4.79 Å². The minimum Gasteiger partial charge on any atom is -0.361 e. The average molecular weight is 274 g/mol. The van der Waals surface area contributed by atoms with Gasteiger partial charge in [-0.3, -0.25) is 9.59 Å². The zero-order valence-electron chi connectivity index (χ0n) is 8.20. The molecule has 1 rings (SSSR count). The van der Waals surface area contributed by atoms with Crippen LogP contribution in [-0.4, -0.2) is 41.0 Å². The molecule has 1 aliphatic rings. The fraction of sp³-hybridized carbons (Fsp3) is 0.667. The van der Waals surface area contributed by atoms with Gasteiger partial charge in [0.1, 0.15) is 5.41 Å². The number of hydrogen-bond donors (Lipinski definition) is 1. The lowest BCUT2D eigenvalue weighted by atomic mass is 9.72. The van der Waals surface area contributed by atoms with Crippen LogP contribution < -0.4 is 5.32 Å². The Morgan fingerprint density at radius 1 is 1.47 bits per heavy atom. The Balaban J connectivity index is 2.99. The molecule has 0 bridgehead atoms. The van der Waals surface area contributed by atoms with E-state index in [1.165, 1.54) is 0 Å². The molecule has 0 radical (unpaired) electrons. The maximum atomic E-state index is 11.8. The summed E-state index contributed by atoms with van der Waals surface area (Å²) in [6.45, 7) is 1.26. The van der Waals surface area contributed by atoms with Crippen molar-refractivity contribution in [3.05, 3.63) is 5.53 Å². The molecule has 5 nitrogen and oxygen atoms in total. The monoisotopic (exact) mass is 273 g/mol. The van der Waals surface area contributed by atoms with Crippen molar-refractivity contribution in [2.45, 2.75) is 12.8 Å². The number of Topliss-reactive ketones (excluding diaryl/α,β-unsaturated/α-hetero) is 2. The molecule has 1 aliphatic heterocycles. The lowest BCUT2D eigenvalue weighted by molar-refractivity contribution is -0.138. The highest BCUT2D eigenvalue weighted by Gasteiger charge is 2.46. The second-order valence-corrected chi connectivity index (χ2v) is 4.06. The van der Waals surface area contributed by atoms with Gasteiger partial charge in [0, 0.05) is 0 Å². The highest BCUT2D eigenvalue weighted by atomic mass is 79.9. The van der Waals surface area contributed by atoms with Gasteiger partial charge in [-0.05, 0) is 25.9 Å². The Kier molecular flexibility index (Phi) is 4.32. The van der Waals surface area contributed by atoms with Gasteiger partial charge >= 0.3 is 6.21 Å². The molecule has 1 heterocycles. The normalized spacial score (nSPS) is 19.0. The summed E-state index contributed by atoms with van der Waals surface area (Å²) in [5.41, 5.74) is 7.35. The summed E-state index contributed by atoms with van der Waals surface area (Å²) >= 11 is 3.08. The molecule has 0 unspecified atom stereocenters. The van der Waals surface area contributed by atoms with Gasteiger partial charge in [0.15, 0.2) is 5.78 Å². The molecule has 0 atom stereocenters. The van der Waals surface area contributed by atoms with Gasteiger partial charge < -0.3 is 10.8 Å². The van der Waals surface area contributed by atoms with E-state index in [9.17, 15) is 9.59 Å². The number of hydrogen-bond acceptors (Lipinski definition) is 3. The fourth-order valence-electron chi connectivity index (χ4n) is 1.82. The van der Waals surface area contributed by atoms with E-state index in [4.69, 9.17) is 5.53 Å². The van der Waals surface area contributed by atoms with E-state index < -0.39 is 11.2 Å². The van der Waals surface area contributed by atoms with Crippen LogP contribution in [0.1, 0.15) is 12.8 Å².